The lowest BCUT2D eigenvalue weighted by Crippen LogP contribution is -2.43. The third-order valence-corrected chi connectivity index (χ3v) is 5.61. The molecule has 1 unspecified atom stereocenters. The fourth-order valence-electron chi connectivity index (χ4n) is 2.63. The molecular weight excluding hydrogens is 552 g/mol. The monoisotopic (exact) mass is 587 g/mol. The van der Waals surface area contributed by atoms with Gasteiger partial charge in [-0.05, 0) is 19.3 Å². The second kappa shape index (κ2) is 19.1. The molecule has 0 aromatic rings. The van der Waals surface area contributed by atoms with E-state index in [1.165, 1.54) is 4.90 Å². The quantitative estimate of drug-likeness (QED) is 0.0485. The van der Waals surface area contributed by atoms with Crippen LogP contribution in [0.25, 0.3) is 0 Å². The molecule has 0 aliphatic carbocycles. The molecule has 13 heteroatoms. The summed E-state index contributed by atoms with van der Waals surface area (Å²) in [5.74, 6) is -0.724. The van der Waals surface area contributed by atoms with Crippen LogP contribution in [0.3, 0.4) is 0 Å². The van der Waals surface area contributed by atoms with Gasteiger partial charge in [0.2, 0.25) is 23.6 Å². The summed E-state index contributed by atoms with van der Waals surface area (Å²) in [6.45, 7) is 3.32. The highest BCUT2D eigenvalue weighted by Crippen LogP contribution is 2.05. The van der Waals surface area contributed by atoms with E-state index in [4.69, 9.17) is 5.21 Å². The highest BCUT2D eigenvalue weighted by molar-refractivity contribution is 14.1. The molecule has 0 saturated heterocycles. The normalized spacial score (nSPS) is 11.4. The summed E-state index contributed by atoms with van der Waals surface area (Å²) >= 11 is 1.95. The third-order valence-electron chi connectivity index (χ3n) is 4.51. The van der Waals surface area contributed by atoms with E-state index in [9.17, 15) is 24.0 Å². The van der Waals surface area contributed by atoms with E-state index in [0.29, 0.717) is 62.8 Å². The number of hydroxylamine groups is 1. The van der Waals surface area contributed by atoms with Gasteiger partial charge < -0.3 is 26.1 Å². The second-order valence-corrected chi connectivity index (χ2v) is 8.33. The van der Waals surface area contributed by atoms with Crippen molar-refractivity contribution in [3.63, 3.8) is 0 Å². The van der Waals surface area contributed by atoms with Crippen LogP contribution in [0.5, 0.6) is 0 Å². The molecule has 0 bridgehead atoms. The summed E-state index contributed by atoms with van der Waals surface area (Å²) in [6, 6.07) is -0.636. The minimum atomic E-state index is -0.636. The number of rotatable bonds is 18. The van der Waals surface area contributed by atoms with Crippen molar-refractivity contribution in [1.82, 2.24) is 26.3 Å². The van der Waals surface area contributed by atoms with Gasteiger partial charge in [-0.25, -0.2) is 0 Å². The van der Waals surface area contributed by atoms with Crippen molar-refractivity contribution in [3.8, 4) is 0 Å². The van der Waals surface area contributed by atoms with E-state index in [0.717, 1.165) is 0 Å². The van der Waals surface area contributed by atoms with Crippen molar-refractivity contribution < 1.29 is 29.2 Å². The number of unbranched alkanes of at least 4 members (excludes halogenated alkanes) is 1. The van der Waals surface area contributed by atoms with Gasteiger partial charge >= 0.3 is 0 Å². The van der Waals surface area contributed by atoms with Crippen LogP contribution < -0.4 is 21.4 Å². The zero-order chi connectivity index (χ0) is 24.4. The van der Waals surface area contributed by atoms with Gasteiger partial charge in [-0.15, -0.1) is 0 Å². The van der Waals surface area contributed by atoms with Crippen molar-refractivity contribution >= 4 is 61.0 Å². The van der Waals surface area contributed by atoms with Gasteiger partial charge in [0.15, 0.2) is 5.52 Å². The molecule has 0 aliphatic heterocycles. The number of amides is 4. The minimum absolute atomic E-state index is 0.0197. The summed E-state index contributed by atoms with van der Waals surface area (Å²) < 4.78 is 0.323. The largest absolute Gasteiger partial charge is 0.356 e. The molecule has 0 aliphatic rings. The number of alkyl halides is 1. The average Bonchev–Trinajstić information content (AvgIpc) is 2.77. The maximum absolute atomic E-state index is 12.5. The van der Waals surface area contributed by atoms with Crippen molar-refractivity contribution in [3.05, 3.63) is 0 Å². The summed E-state index contributed by atoms with van der Waals surface area (Å²) in [5, 5.41) is 17.0. The minimum Gasteiger partial charge on any atom is -0.356 e. The first kappa shape index (κ1) is 30.6. The highest BCUT2D eigenvalue weighted by Gasteiger charge is 2.16. The number of halogens is 1. The number of hydrogen-bond acceptors (Lipinski definition) is 7. The van der Waals surface area contributed by atoms with Crippen LogP contribution in [0, 0.1) is 0 Å². The Labute approximate surface area is 204 Å². The van der Waals surface area contributed by atoms with Gasteiger partial charge in [0.05, 0.1) is 10.5 Å². The van der Waals surface area contributed by atoms with Gasteiger partial charge in [0.1, 0.15) is 0 Å². The highest BCUT2D eigenvalue weighted by atomic mass is 127. The van der Waals surface area contributed by atoms with Crippen LogP contribution in [0.1, 0.15) is 45.4 Å². The molecule has 0 rings (SSSR count). The van der Waals surface area contributed by atoms with Gasteiger partial charge in [-0.3, -0.25) is 24.0 Å². The molecule has 184 valence electrons. The first-order chi connectivity index (χ1) is 15.2. The standard InChI is InChI=1S/C19H35IN5O6P/c1-2-15(26)22-9-11-25(12-10-23-17(28)13-20)18(29)7-6-16(27)21-8-4-3-5-14(24-31)19(30)32/h14,24,31H,2-13,32H2,1H3,(H,21,27)(H,22,26)(H,23,28)/t14-/m0/s1. The summed E-state index contributed by atoms with van der Waals surface area (Å²) in [7, 11) is 2.01. The fourth-order valence-corrected chi connectivity index (χ4v) is 3.14. The van der Waals surface area contributed by atoms with E-state index in [1.54, 1.807) is 6.92 Å². The van der Waals surface area contributed by atoms with Gasteiger partial charge in [0.25, 0.3) is 0 Å². The maximum atomic E-state index is 12.5. The van der Waals surface area contributed by atoms with Crippen molar-refractivity contribution in [2.75, 3.05) is 37.2 Å². The lowest BCUT2D eigenvalue weighted by atomic mass is 10.1. The van der Waals surface area contributed by atoms with E-state index in [1.807, 2.05) is 37.3 Å². The molecule has 0 aromatic carbocycles. The van der Waals surface area contributed by atoms with Crippen LogP contribution in [0.4, 0.5) is 0 Å². The van der Waals surface area contributed by atoms with Crippen molar-refractivity contribution in [1.29, 1.82) is 0 Å². The third kappa shape index (κ3) is 15.4. The maximum Gasteiger partial charge on any atom is 0.229 e. The first-order valence-electron chi connectivity index (χ1n) is 10.6. The zero-order valence-electron chi connectivity index (χ0n) is 18.5. The molecule has 0 spiro atoms. The van der Waals surface area contributed by atoms with E-state index in [2.05, 4.69) is 16.0 Å². The SMILES string of the molecule is CCC(=O)NCCN(CCNC(=O)CI)C(=O)CCC(=O)NCCCC[C@H](NO)C(=O)P. The van der Waals surface area contributed by atoms with Crippen LogP contribution in [-0.2, 0) is 24.0 Å². The molecule has 0 fully saturated rings. The van der Waals surface area contributed by atoms with Gasteiger partial charge in [0, 0.05) is 52.0 Å². The molecule has 0 radical (unpaired) electrons. The predicted octanol–water partition coefficient (Wildman–Crippen LogP) is -0.292. The van der Waals surface area contributed by atoms with Crippen molar-refractivity contribution in [2.45, 2.75) is 51.5 Å². The molecule has 11 nitrogen and oxygen atoms in total. The molecule has 4 amide bonds. The fraction of sp³-hybridized carbons (Fsp3) is 0.737. The molecule has 2 atom stereocenters. The van der Waals surface area contributed by atoms with Crippen molar-refractivity contribution in [2.24, 2.45) is 0 Å². The molecule has 0 heterocycles. The average molecular weight is 587 g/mol. The molecule has 0 saturated carbocycles. The molecule has 0 aromatic heterocycles. The Bertz CT molecular complexity index is 603. The predicted molar refractivity (Wildman–Crippen MR) is 131 cm³/mol. The molecule has 32 heavy (non-hydrogen) atoms. The van der Waals surface area contributed by atoms with E-state index in [-0.39, 0.29) is 42.0 Å². The number of carbonyl (C=O) groups excluding carboxylic acids is 5. The van der Waals surface area contributed by atoms with E-state index >= 15 is 0 Å². The lowest BCUT2D eigenvalue weighted by molar-refractivity contribution is -0.134. The van der Waals surface area contributed by atoms with Gasteiger partial charge in [-0.2, -0.15) is 5.48 Å². The van der Waals surface area contributed by atoms with E-state index < -0.39 is 6.04 Å². The van der Waals surface area contributed by atoms with Crippen LogP contribution in [-0.4, -0.2) is 82.5 Å². The number of hydrogen-bond donors (Lipinski definition) is 5. The number of nitrogens with zero attached hydrogens (tertiary/aromatic N) is 1. The number of carbonyl (C=O) groups is 5. The Morgan fingerprint density at radius 3 is 2.03 bits per heavy atom. The Hall–Kier alpha value is -1.37. The second-order valence-electron chi connectivity index (χ2n) is 7.00. The smallest absolute Gasteiger partial charge is 0.229 e. The lowest BCUT2D eigenvalue weighted by Gasteiger charge is -2.23. The first-order valence-corrected chi connectivity index (χ1v) is 12.7. The Morgan fingerprint density at radius 2 is 1.50 bits per heavy atom. The Balaban J connectivity index is 4.33. The number of nitrogens with one attached hydrogen (secondary N) is 4. The van der Waals surface area contributed by atoms with Crippen LogP contribution >= 0.6 is 31.8 Å². The molecular formula is C19H35IN5O6P. The summed E-state index contributed by atoms with van der Waals surface area (Å²) in [6.07, 6.45) is 2.12. The molecule has 5 N–H and O–H groups in total. The summed E-state index contributed by atoms with van der Waals surface area (Å²) in [4.78, 5) is 60.0. The Morgan fingerprint density at radius 1 is 0.906 bits per heavy atom. The van der Waals surface area contributed by atoms with Gasteiger partial charge in [-0.1, -0.05) is 38.8 Å². The zero-order valence-corrected chi connectivity index (χ0v) is 21.8. The van der Waals surface area contributed by atoms with Crippen LogP contribution in [0.2, 0.25) is 0 Å². The Kier molecular flexibility index (Phi) is 18.3. The summed E-state index contributed by atoms with van der Waals surface area (Å²) in [5.41, 5.74) is 1.71. The topological polar surface area (TPSA) is 157 Å². The van der Waals surface area contributed by atoms with Crippen LogP contribution in [0.15, 0.2) is 0 Å².